The van der Waals surface area contributed by atoms with Gasteiger partial charge in [0.25, 0.3) is 0 Å². The van der Waals surface area contributed by atoms with Crippen LogP contribution in [-0.4, -0.2) is 27.0 Å². The van der Waals surface area contributed by atoms with Crippen molar-refractivity contribution in [3.8, 4) is 11.5 Å². The highest BCUT2D eigenvalue weighted by atomic mass is 16.4. The largest absolute Gasteiger partial charge is 0.439 e. The van der Waals surface area contributed by atoms with Crippen molar-refractivity contribution in [1.29, 1.82) is 0 Å². The summed E-state index contributed by atoms with van der Waals surface area (Å²) in [6, 6.07) is 15.6. The van der Waals surface area contributed by atoms with Crippen LogP contribution in [0.2, 0.25) is 0 Å². The number of aromatic nitrogens is 2. The summed E-state index contributed by atoms with van der Waals surface area (Å²) in [5.74, 6) is 0.948. The van der Waals surface area contributed by atoms with Gasteiger partial charge in [0.2, 0.25) is 5.89 Å². The van der Waals surface area contributed by atoms with Crippen LogP contribution in [0.3, 0.4) is 0 Å². The summed E-state index contributed by atoms with van der Waals surface area (Å²) >= 11 is 0. The van der Waals surface area contributed by atoms with Gasteiger partial charge in [-0.1, -0.05) is 36.4 Å². The normalized spacial score (nSPS) is 12.0. The molecule has 3 aromatic rings. The van der Waals surface area contributed by atoms with Crippen molar-refractivity contribution in [3.63, 3.8) is 0 Å². The molecule has 0 aliphatic rings. The molecule has 1 N–H and O–H groups in total. The highest BCUT2D eigenvalue weighted by Crippen LogP contribution is 2.18. The Morgan fingerprint density at radius 3 is 2.62 bits per heavy atom. The molecule has 0 saturated heterocycles. The lowest BCUT2D eigenvalue weighted by atomic mass is 10.0. The molecule has 1 atom stereocenters. The molecule has 5 heteroatoms. The van der Waals surface area contributed by atoms with Crippen molar-refractivity contribution in [2.24, 2.45) is 0 Å². The number of nitrogens with zero attached hydrogens (tertiary/aromatic N) is 2. The number of hydrogen-bond donors (Lipinski definition) is 1. The van der Waals surface area contributed by atoms with Crippen LogP contribution in [0.15, 0.2) is 65.3 Å². The quantitative estimate of drug-likeness (QED) is 0.638. The molecule has 0 radical (unpaired) electrons. The summed E-state index contributed by atoms with van der Waals surface area (Å²) in [5.41, 5.74) is 1.88. The standard InChI is InChI=1S/C21H22N2O3/c24-17(10-9-16-6-2-1-3-7-16)11-12-18(25)14-21-23-15-20(26-21)19-8-4-5-13-22-19/h1-8,13,15,17,24H,9-12,14H2. The SMILES string of the molecule is O=C(CCC(O)CCc1ccccc1)Cc1ncc(-c2ccccn2)o1. The third kappa shape index (κ3) is 5.36. The molecule has 134 valence electrons. The van der Waals surface area contributed by atoms with Crippen molar-refractivity contribution in [2.75, 3.05) is 0 Å². The first-order valence-corrected chi connectivity index (χ1v) is 8.80. The smallest absolute Gasteiger partial charge is 0.202 e. The van der Waals surface area contributed by atoms with E-state index >= 15 is 0 Å². The Morgan fingerprint density at radius 1 is 1.04 bits per heavy atom. The van der Waals surface area contributed by atoms with Gasteiger partial charge < -0.3 is 9.52 Å². The van der Waals surface area contributed by atoms with Crippen molar-refractivity contribution in [3.05, 3.63) is 72.4 Å². The minimum atomic E-state index is -0.479. The average Bonchev–Trinajstić information content (AvgIpc) is 3.15. The van der Waals surface area contributed by atoms with E-state index in [9.17, 15) is 9.90 Å². The maximum absolute atomic E-state index is 12.1. The van der Waals surface area contributed by atoms with Gasteiger partial charge in [-0.05, 0) is 37.0 Å². The third-order valence-corrected chi connectivity index (χ3v) is 4.18. The first-order chi connectivity index (χ1) is 12.7. The molecule has 3 rings (SSSR count). The number of aliphatic hydroxyl groups excluding tert-OH is 1. The number of ketones is 1. The second kappa shape index (κ2) is 9.06. The Bertz CT molecular complexity index is 816. The molecule has 0 aliphatic carbocycles. The molecule has 0 saturated carbocycles. The number of carbonyl (C=O) groups is 1. The summed E-state index contributed by atoms with van der Waals surface area (Å²) < 4.78 is 5.60. The van der Waals surface area contributed by atoms with E-state index < -0.39 is 6.10 Å². The summed E-state index contributed by atoms with van der Waals surface area (Å²) in [5, 5.41) is 10.1. The van der Waals surface area contributed by atoms with E-state index in [1.165, 1.54) is 5.56 Å². The van der Waals surface area contributed by atoms with E-state index in [2.05, 4.69) is 9.97 Å². The Labute approximate surface area is 152 Å². The first-order valence-electron chi connectivity index (χ1n) is 8.80. The Morgan fingerprint density at radius 2 is 1.85 bits per heavy atom. The molecule has 0 aliphatic heterocycles. The van der Waals surface area contributed by atoms with E-state index in [4.69, 9.17) is 4.42 Å². The second-order valence-electron chi connectivity index (χ2n) is 6.27. The van der Waals surface area contributed by atoms with Crippen molar-refractivity contribution < 1.29 is 14.3 Å². The van der Waals surface area contributed by atoms with Crippen LogP contribution in [-0.2, 0) is 17.6 Å². The van der Waals surface area contributed by atoms with Gasteiger partial charge in [0.05, 0.1) is 18.7 Å². The van der Waals surface area contributed by atoms with Crippen LogP contribution in [0, 0.1) is 0 Å². The van der Waals surface area contributed by atoms with E-state index in [-0.39, 0.29) is 12.2 Å². The lowest BCUT2D eigenvalue weighted by molar-refractivity contribution is -0.119. The van der Waals surface area contributed by atoms with Gasteiger partial charge in [0, 0.05) is 12.6 Å². The summed E-state index contributed by atoms with van der Waals surface area (Å²) in [4.78, 5) is 20.5. The number of benzene rings is 1. The van der Waals surface area contributed by atoms with Crippen LogP contribution in [0.5, 0.6) is 0 Å². The third-order valence-electron chi connectivity index (χ3n) is 4.18. The number of rotatable bonds is 9. The van der Waals surface area contributed by atoms with Gasteiger partial charge >= 0.3 is 0 Å². The van der Waals surface area contributed by atoms with Crippen LogP contribution in [0.4, 0.5) is 0 Å². The minimum Gasteiger partial charge on any atom is -0.439 e. The van der Waals surface area contributed by atoms with Gasteiger partial charge in [0.15, 0.2) is 5.76 Å². The minimum absolute atomic E-state index is 0.0122. The second-order valence-corrected chi connectivity index (χ2v) is 6.27. The fourth-order valence-electron chi connectivity index (χ4n) is 2.73. The first kappa shape index (κ1) is 18.0. The number of pyridine rings is 1. The van der Waals surface area contributed by atoms with Crippen LogP contribution in [0.1, 0.15) is 30.7 Å². The summed E-state index contributed by atoms with van der Waals surface area (Å²) in [7, 11) is 0. The van der Waals surface area contributed by atoms with Crippen LogP contribution >= 0.6 is 0 Å². The zero-order valence-corrected chi connectivity index (χ0v) is 14.5. The van der Waals surface area contributed by atoms with Gasteiger partial charge in [0.1, 0.15) is 11.5 Å². The highest BCUT2D eigenvalue weighted by Gasteiger charge is 2.13. The average molecular weight is 350 g/mol. The Kier molecular flexibility index (Phi) is 6.28. The molecule has 0 amide bonds. The summed E-state index contributed by atoms with van der Waals surface area (Å²) in [6.07, 6.45) is 5.16. The summed E-state index contributed by atoms with van der Waals surface area (Å²) in [6.45, 7) is 0. The van der Waals surface area contributed by atoms with Crippen molar-refractivity contribution in [1.82, 2.24) is 9.97 Å². The van der Waals surface area contributed by atoms with Crippen molar-refractivity contribution >= 4 is 5.78 Å². The van der Waals surface area contributed by atoms with Gasteiger partial charge in [-0.2, -0.15) is 0 Å². The molecular formula is C21H22N2O3. The van der Waals surface area contributed by atoms with Crippen molar-refractivity contribution in [2.45, 2.75) is 38.2 Å². The number of hydrogen-bond acceptors (Lipinski definition) is 5. The molecule has 26 heavy (non-hydrogen) atoms. The molecular weight excluding hydrogens is 328 g/mol. The predicted molar refractivity (Wildman–Crippen MR) is 98.4 cm³/mol. The number of carbonyl (C=O) groups excluding carboxylic acids is 1. The Balaban J connectivity index is 1.42. The topological polar surface area (TPSA) is 76.2 Å². The van der Waals surface area contributed by atoms with Gasteiger partial charge in [-0.25, -0.2) is 4.98 Å². The number of aryl methyl sites for hydroxylation is 1. The monoisotopic (exact) mass is 350 g/mol. The van der Waals surface area contributed by atoms with Crippen LogP contribution in [0.25, 0.3) is 11.5 Å². The maximum atomic E-state index is 12.1. The lowest BCUT2D eigenvalue weighted by Crippen LogP contribution is -2.12. The van der Waals surface area contributed by atoms with E-state index in [0.717, 1.165) is 6.42 Å². The molecule has 0 bridgehead atoms. The van der Waals surface area contributed by atoms with E-state index in [1.54, 1.807) is 12.4 Å². The lowest BCUT2D eigenvalue weighted by Gasteiger charge is -2.09. The zero-order valence-electron chi connectivity index (χ0n) is 14.5. The molecule has 2 aromatic heterocycles. The molecule has 5 nitrogen and oxygen atoms in total. The molecule has 2 heterocycles. The van der Waals surface area contributed by atoms with Gasteiger partial charge in [-0.3, -0.25) is 9.78 Å². The molecule has 1 aromatic carbocycles. The number of aliphatic hydroxyl groups is 1. The maximum Gasteiger partial charge on any atom is 0.202 e. The van der Waals surface area contributed by atoms with E-state index in [1.807, 2.05) is 48.5 Å². The predicted octanol–water partition coefficient (Wildman–Crippen LogP) is 3.62. The van der Waals surface area contributed by atoms with Crippen LogP contribution < -0.4 is 0 Å². The Hall–Kier alpha value is -2.79. The van der Waals surface area contributed by atoms with E-state index in [0.29, 0.717) is 36.6 Å². The zero-order chi connectivity index (χ0) is 18.2. The number of Topliss-reactive ketones (excluding diaryl/α,β-unsaturated/α-hetero) is 1. The van der Waals surface area contributed by atoms with Gasteiger partial charge in [-0.15, -0.1) is 0 Å². The number of oxazole rings is 1. The fraction of sp³-hybridized carbons (Fsp3) is 0.286. The highest BCUT2D eigenvalue weighted by molar-refractivity contribution is 5.80. The molecule has 0 spiro atoms. The molecule has 0 fully saturated rings. The molecule has 1 unspecified atom stereocenters. The fourth-order valence-corrected chi connectivity index (χ4v) is 2.73.